The van der Waals surface area contributed by atoms with Crippen LogP contribution >= 0.6 is 0 Å². The van der Waals surface area contributed by atoms with Crippen molar-refractivity contribution in [1.82, 2.24) is 25.1 Å². The molecule has 160 valence electrons. The highest BCUT2D eigenvalue weighted by molar-refractivity contribution is 5.94. The van der Waals surface area contributed by atoms with E-state index in [0.29, 0.717) is 55.6 Å². The van der Waals surface area contributed by atoms with Gasteiger partial charge in [0.2, 0.25) is 0 Å². The van der Waals surface area contributed by atoms with Crippen molar-refractivity contribution >= 4 is 17.4 Å². The van der Waals surface area contributed by atoms with Crippen molar-refractivity contribution in [2.45, 2.75) is 33.5 Å². The van der Waals surface area contributed by atoms with Gasteiger partial charge in [-0.2, -0.15) is 4.52 Å². The lowest BCUT2D eigenvalue weighted by atomic mass is 10.1. The molecule has 0 unspecified atom stereocenters. The van der Waals surface area contributed by atoms with Crippen LogP contribution in [0.5, 0.6) is 0 Å². The van der Waals surface area contributed by atoms with Crippen molar-refractivity contribution < 1.29 is 14.3 Å². The van der Waals surface area contributed by atoms with Gasteiger partial charge in [0.15, 0.2) is 17.8 Å². The third-order valence-electron chi connectivity index (χ3n) is 4.43. The van der Waals surface area contributed by atoms with Crippen LogP contribution in [0.25, 0.3) is 5.65 Å². The smallest absolute Gasteiger partial charge is 0.251 e. The van der Waals surface area contributed by atoms with E-state index < -0.39 is 0 Å². The molecule has 0 aliphatic rings. The van der Waals surface area contributed by atoms with Gasteiger partial charge in [-0.15, -0.1) is 15.3 Å². The first kappa shape index (κ1) is 21.7. The fourth-order valence-electron chi connectivity index (χ4n) is 2.90. The van der Waals surface area contributed by atoms with Gasteiger partial charge in [0.25, 0.3) is 5.91 Å². The molecule has 0 saturated heterocycles. The lowest BCUT2D eigenvalue weighted by Gasteiger charge is -2.17. The van der Waals surface area contributed by atoms with Crippen molar-refractivity contribution in [2.24, 2.45) is 0 Å². The van der Waals surface area contributed by atoms with E-state index >= 15 is 0 Å². The number of aryl methyl sites for hydroxylation is 1. The maximum Gasteiger partial charge on any atom is 0.251 e. The van der Waals surface area contributed by atoms with E-state index in [4.69, 9.17) is 9.47 Å². The fourth-order valence-corrected chi connectivity index (χ4v) is 2.90. The second-order valence-electron chi connectivity index (χ2n) is 6.70. The molecule has 2 heterocycles. The van der Waals surface area contributed by atoms with E-state index in [1.807, 2.05) is 57.2 Å². The number of nitrogens with one attached hydrogen (secondary N) is 2. The van der Waals surface area contributed by atoms with Crippen LogP contribution in [0.15, 0.2) is 36.4 Å². The minimum absolute atomic E-state index is 0.114. The summed E-state index contributed by atoms with van der Waals surface area (Å²) in [6.45, 7) is 7.90. The molecule has 3 rings (SSSR count). The SMILES string of the molecule is CCOC(CNc1ccc2nnc(CCNC(=O)c3ccc(C)cc3)n2n1)OCC. The summed E-state index contributed by atoms with van der Waals surface area (Å²) in [6.07, 6.45) is 0.172. The summed E-state index contributed by atoms with van der Waals surface area (Å²) < 4.78 is 12.7. The van der Waals surface area contributed by atoms with Gasteiger partial charge >= 0.3 is 0 Å². The van der Waals surface area contributed by atoms with Gasteiger partial charge in [-0.3, -0.25) is 4.79 Å². The van der Waals surface area contributed by atoms with E-state index in [9.17, 15) is 4.79 Å². The first-order valence-corrected chi connectivity index (χ1v) is 10.1. The number of rotatable bonds is 11. The van der Waals surface area contributed by atoms with Crippen molar-refractivity contribution in [3.05, 3.63) is 53.3 Å². The first-order valence-electron chi connectivity index (χ1n) is 10.1. The van der Waals surface area contributed by atoms with Crippen LogP contribution in [-0.4, -0.2) is 58.3 Å². The Labute approximate surface area is 175 Å². The largest absolute Gasteiger partial charge is 0.364 e. The number of anilines is 1. The molecule has 0 radical (unpaired) electrons. The highest BCUT2D eigenvalue weighted by Gasteiger charge is 2.11. The van der Waals surface area contributed by atoms with E-state index in [2.05, 4.69) is 25.9 Å². The molecule has 2 aromatic heterocycles. The van der Waals surface area contributed by atoms with E-state index in [-0.39, 0.29) is 12.2 Å². The normalized spacial score (nSPS) is 11.2. The average molecular weight is 412 g/mol. The Balaban J connectivity index is 1.59. The third-order valence-corrected chi connectivity index (χ3v) is 4.43. The summed E-state index contributed by atoms with van der Waals surface area (Å²) in [7, 11) is 0. The Morgan fingerprint density at radius 2 is 1.80 bits per heavy atom. The quantitative estimate of drug-likeness (QED) is 0.466. The van der Waals surface area contributed by atoms with Gasteiger partial charge in [0.05, 0.1) is 6.54 Å². The number of aromatic nitrogens is 4. The second kappa shape index (κ2) is 10.7. The van der Waals surface area contributed by atoms with E-state index in [1.165, 1.54) is 0 Å². The number of ether oxygens (including phenoxy) is 2. The zero-order valence-corrected chi connectivity index (χ0v) is 17.6. The van der Waals surface area contributed by atoms with Crippen LogP contribution < -0.4 is 10.6 Å². The maximum atomic E-state index is 12.3. The number of nitrogens with zero attached hydrogens (tertiary/aromatic N) is 4. The van der Waals surface area contributed by atoms with Gasteiger partial charge in [-0.1, -0.05) is 17.7 Å². The molecule has 30 heavy (non-hydrogen) atoms. The predicted octanol–water partition coefficient (Wildman–Crippen LogP) is 2.22. The molecule has 1 amide bonds. The Hall–Kier alpha value is -3.04. The van der Waals surface area contributed by atoms with Crippen molar-refractivity contribution in [1.29, 1.82) is 0 Å². The number of hydrogen-bond donors (Lipinski definition) is 2. The lowest BCUT2D eigenvalue weighted by molar-refractivity contribution is -0.126. The number of hydrogen-bond acceptors (Lipinski definition) is 7. The molecule has 0 fully saturated rings. The number of carbonyl (C=O) groups excluding carboxylic acids is 1. The van der Waals surface area contributed by atoms with Gasteiger partial charge in [0.1, 0.15) is 5.82 Å². The molecule has 0 bridgehead atoms. The zero-order valence-electron chi connectivity index (χ0n) is 17.6. The van der Waals surface area contributed by atoms with Crippen molar-refractivity contribution in [2.75, 3.05) is 31.6 Å². The van der Waals surface area contributed by atoms with Crippen LogP contribution in [0.4, 0.5) is 5.82 Å². The van der Waals surface area contributed by atoms with Crippen LogP contribution in [0.1, 0.15) is 35.6 Å². The van der Waals surface area contributed by atoms with Crippen LogP contribution in [-0.2, 0) is 15.9 Å². The topological polar surface area (TPSA) is 103 Å². The predicted molar refractivity (Wildman–Crippen MR) is 114 cm³/mol. The maximum absolute atomic E-state index is 12.3. The van der Waals surface area contributed by atoms with Gasteiger partial charge < -0.3 is 20.1 Å². The second-order valence-corrected chi connectivity index (χ2v) is 6.70. The number of carbonyl (C=O) groups is 1. The zero-order chi connectivity index (χ0) is 21.3. The molecule has 0 aliphatic carbocycles. The lowest BCUT2D eigenvalue weighted by Crippen LogP contribution is -2.27. The van der Waals surface area contributed by atoms with Crippen molar-refractivity contribution in [3.8, 4) is 0 Å². The molecule has 0 atom stereocenters. The number of amides is 1. The number of benzene rings is 1. The summed E-state index contributed by atoms with van der Waals surface area (Å²) in [5.74, 6) is 1.22. The molecule has 0 saturated carbocycles. The third kappa shape index (κ3) is 5.74. The summed E-state index contributed by atoms with van der Waals surface area (Å²) in [5, 5.41) is 19.0. The molecular formula is C21H28N6O3. The minimum Gasteiger partial charge on any atom is -0.364 e. The summed E-state index contributed by atoms with van der Waals surface area (Å²) in [4.78, 5) is 12.3. The molecule has 9 nitrogen and oxygen atoms in total. The molecular weight excluding hydrogens is 384 g/mol. The van der Waals surface area contributed by atoms with Crippen LogP contribution in [0.2, 0.25) is 0 Å². The summed E-state index contributed by atoms with van der Waals surface area (Å²) in [5.41, 5.74) is 2.40. The van der Waals surface area contributed by atoms with E-state index in [0.717, 1.165) is 5.56 Å². The average Bonchev–Trinajstić information content (AvgIpc) is 3.15. The Morgan fingerprint density at radius 3 is 2.50 bits per heavy atom. The molecule has 2 N–H and O–H groups in total. The Kier molecular flexibility index (Phi) is 7.69. The van der Waals surface area contributed by atoms with Gasteiger partial charge in [0, 0.05) is 31.7 Å². The molecule has 0 spiro atoms. The van der Waals surface area contributed by atoms with Crippen LogP contribution in [0.3, 0.4) is 0 Å². The van der Waals surface area contributed by atoms with Gasteiger partial charge in [-0.25, -0.2) is 0 Å². The van der Waals surface area contributed by atoms with Crippen molar-refractivity contribution in [3.63, 3.8) is 0 Å². The molecule has 1 aromatic carbocycles. The molecule has 9 heteroatoms. The standard InChI is InChI=1S/C21H28N6O3/c1-4-29-20(30-5-2)14-23-17-10-11-18-24-25-19(27(18)26-17)12-13-22-21(28)16-8-6-15(3)7-9-16/h6-11,20H,4-5,12-14H2,1-3H3,(H,22,28)(H,23,26). The van der Waals surface area contributed by atoms with Gasteiger partial charge in [-0.05, 0) is 45.0 Å². The van der Waals surface area contributed by atoms with E-state index in [1.54, 1.807) is 4.52 Å². The summed E-state index contributed by atoms with van der Waals surface area (Å²) >= 11 is 0. The highest BCUT2D eigenvalue weighted by Crippen LogP contribution is 2.09. The summed E-state index contributed by atoms with van der Waals surface area (Å²) in [6, 6.07) is 11.1. The Bertz CT molecular complexity index is 951. The fraction of sp³-hybridized carbons (Fsp3) is 0.429. The monoisotopic (exact) mass is 412 g/mol. The highest BCUT2D eigenvalue weighted by atomic mass is 16.7. The molecule has 3 aromatic rings. The van der Waals surface area contributed by atoms with Crippen LogP contribution in [0, 0.1) is 6.92 Å². The Morgan fingerprint density at radius 1 is 1.07 bits per heavy atom. The number of fused-ring (bicyclic) bond motifs is 1. The molecule has 0 aliphatic heterocycles. The minimum atomic E-state index is -0.338. The first-order chi connectivity index (χ1) is 14.6.